The van der Waals surface area contributed by atoms with Crippen molar-refractivity contribution in [2.24, 2.45) is 0 Å². The molecule has 1 unspecified atom stereocenters. The van der Waals surface area contributed by atoms with Gasteiger partial charge in [0.05, 0.1) is 5.75 Å². The number of piperidine rings is 1. The second kappa shape index (κ2) is 10.4. The first-order chi connectivity index (χ1) is 12.4. The number of nitrogens with one attached hydrogen (secondary N) is 1. The topological polar surface area (TPSA) is 66.5 Å². The number of benzene rings is 1. The summed E-state index contributed by atoms with van der Waals surface area (Å²) < 4.78 is 25.4. The van der Waals surface area contributed by atoms with E-state index in [0.717, 1.165) is 36.8 Å². The standard InChI is InChI=1S/C19H29BrN2O3S/c1-2-3-10-22-11-5-4-9-18(22)13-21-19(23)15-26(24,25)14-16-7-6-8-17(20)12-16/h6-8,12,18H,2-5,9-11,13-15H2,1H3,(H,21,23). The van der Waals surface area contributed by atoms with Gasteiger partial charge in [-0.15, -0.1) is 0 Å². The maximum absolute atomic E-state index is 12.3. The van der Waals surface area contributed by atoms with Crippen LogP contribution in [0.15, 0.2) is 28.7 Å². The van der Waals surface area contributed by atoms with Crippen LogP contribution in [0.25, 0.3) is 0 Å². The summed E-state index contributed by atoms with van der Waals surface area (Å²) in [6.45, 7) is 4.84. The molecule has 0 saturated carbocycles. The number of nitrogens with zero attached hydrogens (tertiary/aromatic N) is 1. The molecule has 1 aliphatic heterocycles. The molecule has 26 heavy (non-hydrogen) atoms. The lowest BCUT2D eigenvalue weighted by molar-refractivity contribution is -0.118. The minimum absolute atomic E-state index is 0.119. The fourth-order valence-corrected chi connectivity index (χ4v) is 5.10. The van der Waals surface area contributed by atoms with Gasteiger partial charge in [0.2, 0.25) is 5.91 Å². The van der Waals surface area contributed by atoms with E-state index in [9.17, 15) is 13.2 Å². The van der Waals surface area contributed by atoms with Crippen molar-refractivity contribution in [1.29, 1.82) is 0 Å². The number of unbranched alkanes of at least 4 members (excludes halogenated alkanes) is 1. The highest BCUT2D eigenvalue weighted by Crippen LogP contribution is 2.17. The van der Waals surface area contributed by atoms with Gasteiger partial charge in [0.25, 0.3) is 0 Å². The number of hydrogen-bond acceptors (Lipinski definition) is 4. The van der Waals surface area contributed by atoms with E-state index in [1.54, 1.807) is 18.2 Å². The summed E-state index contributed by atoms with van der Waals surface area (Å²) >= 11 is 3.33. The highest BCUT2D eigenvalue weighted by molar-refractivity contribution is 9.10. The monoisotopic (exact) mass is 444 g/mol. The molecule has 0 aliphatic carbocycles. The molecule has 1 N–H and O–H groups in total. The second-order valence-electron chi connectivity index (χ2n) is 7.01. The largest absolute Gasteiger partial charge is 0.354 e. The van der Waals surface area contributed by atoms with Crippen LogP contribution >= 0.6 is 15.9 Å². The highest BCUT2D eigenvalue weighted by atomic mass is 79.9. The molecule has 7 heteroatoms. The van der Waals surface area contributed by atoms with Gasteiger partial charge in [-0.2, -0.15) is 0 Å². The van der Waals surface area contributed by atoms with Crippen LogP contribution in [0, 0.1) is 0 Å². The number of rotatable bonds is 9. The van der Waals surface area contributed by atoms with Crippen LogP contribution in [-0.4, -0.2) is 50.7 Å². The highest BCUT2D eigenvalue weighted by Gasteiger charge is 2.23. The number of halogens is 1. The van der Waals surface area contributed by atoms with E-state index in [1.165, 1.54) is 12.8 Å². The van der Waals surface area contributed by atoms with Gasteiger partial charge in [-0.1, -0.05) is 47.8 Å². The normalized spacial score (nSPS) is 18.6. The van der Waals surface area contributed by atoms with Gasteiger partial charge in [0, 0.05) is 17.1 Å². The Morgan fingerprint density at radius 1 is 1.35 bits per heavy atom. The molecular weight excluding hydrogens is 416 g/mol. The van der Waals surface area contributed by atoms with E-state index >= 15 is 0 Å². The lowest BCUT2D eigenvalue weighted by Gasteiger charge is -2.35. The molecule has 1 fully saturated rings. The summed E-state index contributed by atoms with van der Waals surface area (Å²) in [4.78, 5) is 14.6. The van der Waals surface area contributed by atoms with E-state index < -0.39 is 21.5 Å². The average Bonchev–Trinajstić information content (AvgIpc) is 2.58. The van der Waals surface area contributed by atoms with E-state index in [0.29, 0.717) is 18.2 Å². The third-order valence-corrected chi connectivity index (χ3v) is 6.68. The van der Waals surface area contributed by atoms with E-state index in [1.807, 2.05) is 6.07 Å². The van der Waals surface area contributed by atoms with Crippen LogP contribution in [0.4, 0.5) is 0 Å². The first kappa shape index (κ1) is 21.4. The molecule has 1 heterocycles. The van der Waals surface area contributed by atoms with Gasteiger partial charge in [-0.3, -0.25) is 9.69 Å². The van der Waals surface area contributed by atoms with E-state index in [-0.39, 0.29) is 5.75 Å². The van der Waals surface area contributed by atoms with Gasteiger partial charge < -0.3 is 5.32 Å². The van der Waals surface area contributed by atoms with Crippen LogP contribution in [0.2, 0.25) is 0 Å². The zero-order valence-corrected chi connectivity index (χ0v) is 17.8. The second-order valence-corrected chi connectivity index (χ2v) is 9.99. The smallest absolute Gasteiger partial charge is 0.235 e. The van der Waals surface area contributed by atoms with Crippen molar-refractivity contribution in [2.75, 3.05) is 25.4 Å². The first-order valence-corrected chi connectivity index (χ1v) is 12.0. The van der Waals surface area contributed by atoms with E-state index in [4.69, 9.17) is 0 Å². The molecule has 1 saturated heterocycles. The third-order valence-electron chi connectivity index (χ3n) is 4.71. The molecular formula is C19H29BrN2O3S. The molecule has 146 valence electrons. The number of carbonyl (C=O) groups is 1. The summed E-state index contributed by atoms with van der Waals surface area (Å²) in [5, 5.41) is 2.84. The zero-order valence-electron chi connectivity index (χ0n) is 15.4. The minimum Gasteiger partial charge on any atom is -0.354 e. The number of amides is 1. The molecule has 1 atom stereocenters. The van der Waals surface area contributed by atoms with Gasteiger partial charge in [0.1, 0.15) is 5.75 Å². The lowest BCUT2D eigenvalue weighted by Crippen LogP contribution is -2.47. The molecule has 1 aliphatic rings. The van der Waals surface area contributed by atoms with Gasteiger partial charge >= 0.3 is 0 Å². The van der Waals surface area contributed by atoms with Crippen molar-refractivity contribution in [3.8, 4) is 0 Å². The van der Waals surface area contributed by atoms with Crippen LogP contribution in [-0.2, 0) is 20.4 Å². The summed E-state index contributed by atoms with van der Waals surface area (Å²) in [7, 11) is -3.48. The predicted molar refractivity (Wildman–Crippen MR) is 109 cm³/mol. The van der Waals surface area contributed by atoms with Crippen LogP contribution in [0.3, 0.4) is 0 Å². The van der Waals surface area contributed by atoms with Crippen LogP contribution in [0.1, 0.15) is 44.6 Å². The number of hydrogen-bond donors (Lipinski definition) is 1. The SMILES string of the molecule is CCCCN1CCCCC1CNC(=O)CS(=O)(=O)Cc1cccc(Br)c1. The number of likely N-dealkylation sites (tertiary alicyclic amines) is 1. The van der Waals surface area contributed by atoms with Crippen molar-refractivity contribution < 1.29 is 13.2 Å². The Morgan fingerprint density at radius 2 is 2.15 bits per heavy atom. The minimum atomic E-state index is -3.48. The van der Waals surface area contributed by atoms with Gasteiger partial charge in [-0.05, 0) is 50.0 Å². The van der Waals surface area contributed by atoms with Crippen molar-refractivity contribution in [2.45, 2.75) is 50.8 Å². The quantitative estimate of drug-likeness (QED) is 0.634. The van der Waals surface area contributed by atoms with Crippen molar-refractivity contribution in [3.63, 3.8) is 0 Å². The molecule has 1 amide bonds. The molecule has 0 aromatic heterocycles. The van der Waals surface area contributed by atoms with E-state index in [2.05, 4.69) is 33.1 Å². The Hall–Kier alpha value is -0.920. The summed E-state index contributed by atoms with van der Waals surface area (Å²) in [5.74, 6) is -0.978. The molecule has 1 aromatic carbocycles. The average molecular weight is 445 g/mol. The molecule has 5 nitrogen and oxygen atoms in total. The zero-order chi connectivity index (χ0) is 19.0. The Kier molecular flexibility index (Phi) is 8.57. The summed E-state index contributed by atoms with van der Waals surface area (Å²) in [6.07, 6.45) is 5.75. The summed E-state index contributed by atoms with van der Waals surface area (Å²) in [5.41, 5.74) is 0.685. The summed E-state index contributed by atoms with van der Waals surface area (Å²) in [6, 6.07) is 7.49. The van der Waals surface area contributed by atoms with Crippen LogP contribution in [0.5, 0.6) is 0 Å². The maximum atomic E-state index is 12.3. The number of sulfone groups is 1. The fourth-order valence-electron chi connectivity index (χ4n) is 3.36. The Morgan fingerprint density at radius 3 is 2.88 bits per heavy atom. The van der Waals surface area contributed by atoms with Gasteiger partial charge in [0.15, 0.2) is 9.84 Å². The lowest BCUT2D eigenvalue weighted by atomic mass is 10.0. The molecule has 1 aromatic rings. The van der Waals surface area contributed by atoms with Gasteiger partial charge in [-0.25, -0.2) is 8.42 Å². The Bertz CT molecular complexity index is 694. The Labute approximate surface area is 165 Å². The van der Waals surface area contributed by atoms with Crippen LogP contribution < -0.4 is 5.32 Å². The maximum Gasteiger partial charge on any atom is 0.235 e. The third kappa shape index (κ3) is 7.37. The first-order valence-electron chi connectivity index (χ1n) is 9.35. The molecule has 0 radical (unpaired) electrons. The number of carbonyl (C=O) groups excluding carboxylic acids is 1. The molecule has 0 bridgehead atoms. The molecule has 0 spiro atoms. The van der Waals surface area contributed by atoms with Crippen molar-refractivity contribution in [1.82, 2.24) is 10.2 Å². The molecule has 2 rings (SSSR count). The Balaban J connectivity index is 1.83. The predicted octanol–water partition coefficient (Wildman–Crippen LogP) is 3.13. The fraction of sp³-hybridized carbons (Fsp3) is 0.632. The van der Waals surface area contributed by atoms with Crippen molar-refractivity contribution in [3.05, 3.63) is 34.3 Å². The van der Waals surface area contributed by atoms with Crippen molar-refractivity contribution >= 4 is 31.7 Å².